The molecule has 0 bridgehead atoms. The molecule has 0 saturated heterocycles. The topological polar surface area (TPSA) is 57.3 Å². The zero-order valence-corrected chi connectivity index (χ0v) is 17.8. The summed E-state index contributed by atoms with van der Waals surface area (Å²) < 4.78 is 39.0. The third-order valence-corrected chi connectivity index (χ3v) is 4.88. The fraction of sp³-hybridized carbons (Fsp3) is 0.350. The van der Waals surface area contributed by atoms with Crippen LogP contribution in [0.15, 0.2) is 42.7 Å². The molecule has 0 amide bonds. The normalized spacial score (nSPS) is 11.3. The first kappa shape index (κ1) is 21.8. The molecule has 10 heteroatoms. The second-order valence-electron chi connectivity index (χ2n) is 6.61. The van der Waals surface area contributed by atoms with Gasteiger partial charge in [-0.2, -0.15) is 13.9 Å². The van der Waals surface area contributed by atoms with Crippen molar-refractivity contribution < 1.29 is 18.3 Å². The van der Waals surface area contributed by atoms with Gasteiger partial charge in [0, 0.05) is 31.0 Å². The van der Waals surface area contributed by atoms with Gasteiger partial charge in [0.1, 0.15) is 0 Å². The average Bonchev–Trinajstić information content (AvgIpc) is 3.04. The highest BCUT2D eigenvalue weighted by molar-refractivity contribution is 7.71. The molecule has 0 fully saturated rings. The van der Waals surface area contributed by atoms with Gasteiger partial charge < -0.3 is 14.0 Å². The fourth-order valence-electron chi connectivity index (χ4n) is 3.13. The summed E-state index contributed by atoms with van der Waals surface area (Å²) in [6.45, 7) is 0.810. The maximum atomic E-state index is 12.5. The number of benzene rings is 1. The van der Waals surface area contributed by atoms with Crippen LogP contribution in [0.4, 0.5) is 8.78 Å². The summed E-state index contributed by atoms with van der Waals surface area (Å²) >= 11 is 5.61. The van der Waals surface area contributed by atoms with Crippen molar-refractivity contribution in [3.63, 3.8) is 0 Å². The van der Waals surface area contributed by atoms with E-state index in [1.807, 2.05) is 35.6 Å². The smallest absolute Gasteiger partial charge is 0.387 e. The zero-order chi connectivity index (χ0) is 21.7. The van der Waals surface area contributed by atoms with Crippen LogP contribution in [0, 0.1) is 4.77 Å². The predicted octanol–water partition coefficient (Wildman–Crippen LogP) is 4.20. The van der Waals surface area contributed by atoms with Gasteiger partial charge in [-0.3, -0.25) is 9.88 Å². The quantitative estimate of drug-likeness (QED) is 0.470. The predicted molar refractivity (Wildman–Crippen MR) is 111 cm³/mol. The Bertz CT molecular complexity index is 1040. The van der Waals surface area contributed by atoms with E-state index in [0.29, 0.717) is 24.5 Å². The summed E-state index contributed by atoms with van der Waals surface area (Å²) in [5.74, 6) is 1.05. The molecule has 3 rings (SSSR count). The number of nitrogens with zero attached hydrogens (tertiary/aromatic N) is 5. The SMILES string of the molecule is CCn1c(-c2ccncc2)nn(CN(C)Cc2ccc(OC(F)F)c(OC)c2)c1=S. The molecule has 0 unspecified atom stereocenters. The van der Waals surface area contributed by atoms with Crippen LogP contribution in [-0.4, -0.2) is 45.0 Å². The van der Waals surface area contributed by atoms with Gasteiger partial charge in [-0.05, 0) is 56.0 Å². The van der Waals surface area contributed by atoms with Crippen LogP contribution < -0.4 is 9.47 Å². The molecule has 1 aromatic carbocycles. The van der Waals surface area contributed by atoms with Crippen LogP contribution in [0.5, 0.6) is 11.5 Å². The van der Waals surface area contributed by atoms with E-state index >= 15 is 0 Å². The number of aromatic nitrogens is 4. The number of methoxy groups -OCH3 is 1. The van der Waals surface area contributed by atoms with E-state index < -0.39 is 6.61 Å². The first-order chi connectivity index (χ1) is 14.4. The fourth-order valence-corrected chi connectivity index (χ4v) is 3.44. The molecule has 2 aromatic heterocycles. The highest BCUT2D eigenvalue weighted by Gasteiger charge is 2.15. The second kappa shape index (κ2) is 9.77. The van der Waals surface area contributed by atoms with Crippen LogP contribution in [0.25, 0.3) is 11.4 Å². The Labute approximate surface area is 178 Å². The van der Waals surface area contributed by atoms with Crippen LogP contribution in [0.1, 0.15) is 12.5 Å². The molecule has 0 saturated carbocycles. The summed E-state index contributed by atoms with van der Waals surface area (Å²) in [4.78, 5) is 6.06. The van der Waals surface area contributed by atoms with Gasteiger partial charge in [0.2, 0.25) is 0 Å². The number of hydrogen-bond acceptors (Lipinski definition) is 6. The lowest BCUT2D eigenvalue weighted by molar-refractivity contribution is -0.0512. The molecule has 0 aliphatic heterocycles. The molecular formula is C20H23F2N5O2S. The van der Waals surface area contributed by atoms with Crippen molar-refractivity contribution in [3.8, 4) is 22.9 Å². The summed E-state index contributed by atoms with van der Waals surface area (Å²) in [6.07, 6.45) is 3.44. The second-order valence-corrected chi connectivity index (χ2v) is 6.97. The number of rotatable bonds is 9. The van der Waals surface area contributed by atoms with E-state index in [4.69, 9.17) is 22.1 Å². The molecule has 2 heterocycles. The van der Waals surface area contributed by atoms with Gasteiger partial charge in [0.05, 0.1) is 13.8 Å². The molecule has 30 heavy (non-hydrogen) atoms. The van der Waals surface area contributed by atoms with Gasteiger partial charge in [-0.1, -0.05) is 6.07 Å². The van der Waals surface area contributed by atoms with E-state index in [0.717, 1.165) is 17.0 Å². The van der Waals surface area contributed by atoms with Crippen LogP contribution in [0.3, 0.4) is 0 Å². The number of hydrogen-bond donors (Lipinski definition) is 0. The highest BCUT2D eigenvalue weighted by atomic mass is 32.1. The number of alkyl halides is 2. The third kappa shape index (κ3) is 5.00. The van der Waals surface area contributed by atoms with E-state index in [2.05, 4.69) is 9.72 Å². The van der Waals surface area contributed by atoms with Crippen molar-refractivity contribution in [2.24, 2.45) is 0 Å². The molecule has 0 atom stereocenters. The van der Waals surface area contributed by atoms with Crippen molar-refractivity contribution in [2.45, 2.75) is 33.3 Å². The van der Waals surface area contributed by atoms with Gasteiger partial charge >= 0.3 is 6.61 Å². The lowest BCUT2D eigenvalue weighted by atomic mass is 10.2. The minimum absolute atomic E-state index is 0.00445. The first-order valence-electron chi connectivity index (χ1n) is 9.31. The van der Waals surface area contributed by atoms with Gasteiger partial charge in [-0.15, -0.1) is 0 Å². The molecule has 0 spiro atoms. The monoisotopic (exact) mass is 435 g/mol. The molecule has 3 aromatic rings. The van der Waals surface area contributed by atoms with Crippen molar-refractivity contribution in [2.75, 3.05) is 14.2 Å². The van der Waals surface area contributed by atoms with E-state index in [1.54, 1.807) is 29.2 Å². The lowest BCUT2D eigenvalue weighted by Crippen LogP contribution is -2.22. The Balaban J connectivity index is 1.77. The molecular weight excluding hydrogens is 412 g/mol. The van der Waals surface area contributed by atoms with Crippen LogP contribution >= 0.6 is 12.2 Å². The molecule has 0 radical (unpaired) electrons. The Morgan fingerprint density at radius 1 is 1.17 bits per heavy atom. The van der Waals surface area contributed by atoms with Gasteiger partial charge in [-0.25, -0.2) is 4.68 Å². The maximum Gasteiger partial charge on any atom is 0.387 e. The van der Waals surface area contributed by atoms with Crippen molar-refractivity contribution in [1.29, 1.82) is 0 Å². The molecule has 0 aliphatic carbocycles. The zero-order valence-electron chi connectivity index (χ0n) is 17.0. The van der Waals surface area contributed by atoms with E-state index in [9.17, 15) is 8.78 Å². The number of pyridine rings is 1. The highest BCUT2D eigenvalue weighted by Crippen LogP contribution is 2.30. The minimum atomic E-state index is -2.91. The Kier molecular flexibility index (Phi) is 7.11. The van der Waals surface area contributed by atoms with Gasteiger partial charge in [0.25, 0.3) is 0 Å². The number of ether oxygens (including phenoxy) is 2. The van der Waals surface area contributed by atoms with Gasteiger partial charge in [0.15, 0.2) is 22.1 Å². The molecule has 7 nitrogen and oxygen atoms in total. The van der Waals surface area contributed by atoms with Crippen molar-refractivity contribution in [1.82, 2.24) is 24.2 Å². The molecule has 160 valence electrons. The van der Waals surface area contributed by atoms with Crippen LogP contribution in [-0.2, 0) is 19.8 Å². The first-order valence-corrected chi connectivity index (χ1v) is 9.72. The Hall–Kier alpha value is -2.85. The Morgan fingerprint density at radius 2 is 1.90 bits per heavy atom. The third-order valence-electron chi connectivity index (χ3n) is 4.45. The van der Waals surface area contributed by atoms with E-state index in [-0.39, 0.29) is 11.5 Å². The summed E-state index contributed by atoms with van der Waals surface area (Å²) in [5, 5.41) is 4.69. The maximum absolute atomic E-state index is 12.5. The standard InChI is InChI=1S/C20H23F2N5O2S/c1-4-26-18(15-7-9-23-10-8-15)24-27(20(26)30)13-25(2)12-14-5-6-16(29-19(21)22)17(11-14)28-3/h5-11,19H,4,12-13H2,1-3H3. The number of halogens is 2. The van der Waals surface area contributed by atoms with Crippen LogP contribution in [0.2, 0.25) is 0 Å². The average molecular weight is 436 g/mol. The van der Waals surface area contributed by atoms with E-state index in [1.165, 1.54) is 13.2 Å². The minimum Gasteiger partial charge on any atom is -0.493 e. The lowest BCUT2D eigenvalue weighted by Gasteiger charge is -2.18. The summed E-state index contributed by atoms with van der Waals surface area (Å²) in [7, 11) is 3.34. The Morgan fingerprint density at radius 3 is 2.53 bits per heavy atom. The summed E-state index contributed by atoms with van der Waals surface area (Å²) in [6, 6.07) is 8.68. The summed E-state index contributed by atoms with van der Waals surface area (Å²) in [5.41, 5.74) is 1.82. The van der Waals surface area contributed by atoms with Crippen molar-refractivity contribution in [3.05, 3.63) is 53.1 Å². The molecule has 0 aliphatic rings. The molecule has 0 N–H and O–H groups in total. The van der Waals surface area contributed by atoms with Crippen molar-refractivity contribution >= 4 is 12.2 Å². The largest absolute Gasteiger partial charge is 0.493 e.